The van der Waals surface area contributed by atoms with Gasteiger partial charge in [0.25, 0.3) is 5.91 Å². The molecular weight excluding hydrogens is 528 g/mol. The van der Waals surface area contributed by atoms with Crippen molar-refractivity contribution >= 4 is 27.3 Å². The van der Waals surface area contributed by atoms with E-state index in [1.165, 1.54) is 5.56 Å². The van der Waals surface area contributed by atoms with E-state index in [1.54, 1.807) is 36.4 Å². The molecule has 0 bridgehead atoms. The maximum Gasteiger partial charge on any atom is 0.255 e. The Morgan fingerprint density at radius 3 is 2.60 bits per heavy atom. The molecule has 10 heteroatoms. The molecule has 3 aliphatic rings. The van der Waals surface area contributed by atoms with Crippen molar-refractivity contribution in [3.63, 3.8) is 0 Å². The van der Waals surface area contributed by atoms with E-state index in [1.807, 2.05) is 18.2 Å². The second-order valence-electron chi connectivity index (χ2n) is 10.4. The highest BCUT2D eigenvalue weighted by Crippen LogP contribution is 2.35. The fourth-order valence-corrected chi connectivity index (χ4v) is 7.24. The van der Waals surface area contributed by atoms with Gasteiger partial charge in [-0.1, -0.05) is 31.2 Å². The van der Waals surface area contributed by atoms with Gasteiger partial charge in [0.15, 0.2) is 11.5 Å². The topological polar surface area (TPSA) is 100 Å². The van der Waals surface area contributed by atoms with Crippen molar-refractivity contribution in [2.45, 2.75) is 37.1 Å². The number of nitrogens with one attached hydrogen (secondary N) is 2. The first-order valence-electron chi connectivity index (χ1n) is 13.8. The first kappa shape index (κ1) is 26.6. The van der Waals surface area contributed by atoms with Crippen molar-refractivity contribution in [1.29, 1.82) is 0 Å². The predicted octanol–water partition coefficient (Wildman–Crippen LogP) is 4.17. The molecule has 0 saturated carbocycles. The number of carbonyl (C=O) groups is 1. The fourth-order valence-electron chi connectivity index (χ4n) is 5.74. The van der Waals surface area contributed by atoms with Crippen molar-refractivity contribution in [3.05, 3.63) is 77.4 Å². The molecular formula is C30H34N4O5S. The summed E-state index contributed by atoms with van der Waals surface area (Å²) in [5.41, 5.74) is 3.66. The molecule has 0 radical (unpaired) electrons. The first-order chi connectivity index (χ1) is 19.4. The van der Waals surface area contributed by atoms with Crippen LogP contribution in [0.4, 0.5) is 11.4 Å². The van der Waals surface area contributed by atoms with E-state index in [2.05, 4.69) is 32.8 Å². The Bertz CT molecular complexity index is 1520. The van der Waals surface area contributed by atoms with Crippen LogP contribution in [0.1, 0.15) is 47.3 Å². The van der Waals surface area contributed by atoms with Gasteiger partial charge in [-0.2, -0.15) is 0 Å². The number of ether oxygens (including phenoxy) is 2. The molecule has 1 amide bonds. The van der Waals surface area contributed by atoms with Gasteiger partial charge in [0.1, 0.15) is 4.90 Å². The largest absolute Gasteiger partial charge is 0.454 e. The maximum absolute atomic E-state index is 14.0. The number of carbonyl (C=O) groups excluding carboxylic acids is 1. The molecule has 40 heavy (non-hydrogen) atoms. The summed E-state index contributed by atoms with van der Waals surface area (Å²) in [6.45, 7) is 6.40. The van der Waals surface area contributed by atoms with Crippen LogP contribution in [0, 0.1) is 0 Å². The lowest BCUT2D eigenvalue weighted by Gasteiger charge is -2.36. The van der Waals surface area contributed by atoms with Crippen LogP contribution in [0.25, 0.3) is 0 Å². The molecule has 2 N–H and O–H groups in total. The Labute approximate surface area is 235 Å². The van der Waals surface area contributed by atoms with Gasteiger partial charge >= 0.3 is 0 Å². The number of aryl methyl sites for hydroxylation is 1. The molecule has 1 atom stereocenters. The number of hydrogen-bond acceptors (Lipinski definition) is 7. The zero-order valence-corrected chi connectivity index (χ0v) is 23.4. The van der Waals surface area contributed by atoms with Gasteiger partial charge in [-0.25, -0.2) is 13.1 Å². The molecule has 1 saturated heterocycles. The highest BCUT2D eigenvalue weighted by Gasteiger charge is 2.30. The Morgan fingerprint density at radius 2 is 1.77 bits per heavy atom. The van der Waals surface area contributed by atoms with E-state index >= 15 is 0 Å². The average molecular weight is 563 g/mol. The summed E-state index contributed by atoms with van der Waals surface area (Å²) >= 11 is 0. The number of anilines is 2. The molecule has 6 rings (SSSR count). The monoisotopic (exact) mass is 562 g/mol. The Kier molecular flexibility index (Phi) is 7.39. The van der Waals surface area contributed by atoms with Gasteiger partial charge in [0.05, 0.1) is 5.69 Å². The molecule has 0 unspecified atom stereocenters. The number of hydrogen-bond donors (Lipinski definition) is 2. The molecule has 0 spiro atoms. The molecule has 0 aromatic heterocycles. The van der Waals surface area contributed by atoms with Gasteiger partial charge in [0, 0.05) is 43.5 Å². The number of piperazine rings is 1. The van der Waals surface area contributed by atoms with Crippen molar-refractivity contribution in [2.75, 3.05) is 49.7 Å². The van der Waals surface area contributed by atoms with Crippen LogP contribution in [0.15, 0.2) is 65.6 Å². The number of sulfonamides is 1. The fraction of sp³-hybridized carbons (Fsp3) is 0.367. The van der Waals surface area contributed by atoms with Crippen LogP contribution in [-0.4, -0.2) is 58.7 Å². The van der Waals surface area contributed by atoms with Gasteiger partial charge in [-0.15, -0.1) is 0 Å². The summed E-state index contributed by atoms with van der Waals surface area (Å²) in [5.74, 6) is 0.738. The minimum absolute atomic E-state index is 0.119. The number of benzene rings is 3. The lowest BCUT2D eigenvalue weighted by Crippen LogP contribution is -2.46. The third kappa shape index (κ3) is 5.39. The maximum atomic E-state index is 14.0. The summed E-state index contributed by atoms with van der Waals surface area (Å²) in [5, 5.41) is 2.87. The van der Waals surface area contributed by atoms with E-state index in [0.29, 0.717) is 28.4 Å². The number of likely N-dealkylation sites (N-methyl/N-ethyl adjacent to an activating group) is 1. The van der Waals surface area contributed by atoms with Crippen LogP contribution in [0.5, 0.6) is 11.5 Å². The van der Waals surface area contributed by atoms with E-state index < -0.39 is 10.0 Å². The molecule has 9 nitrogen and oxygen atoms in total. The summed E-state index contributed by atoms with van der Waals surface area (Å²) in [7, 11) is -3.93. The Morgan fingerprint density at radius 1 is 0.975 bits per heavy atom. The highest BCUT2D eigenvalue weighted by molar-refractivity contribution is 7.89. The normalized spacial score (nSPS) is 18.8. The number of fused-ring (bicyclic) bond motifs is 2. The summed E-state index contributed by atoms with van der Waals surface area (Å²) in [6.07, 6.45) is 2.60. The average Bonchev–Trinajstić information content (AvgIpc) is 3.45. The van der Waals surface area contributed by atoms with E-state index in [0.717, 1.165) is 57.5 Å². The summed E-state index contributed by atoms with van der Waals surface area (Å²) < 4.78 is 41.8. The summed E-state index contributed by atoms with van der Waals surface area (Å²) in [6, 6.07) is 17.8. The number of nitrogens with zero attached hydrogens (tertiary/aromatic N) is 2. The number of amides is 1. The van der Waals surface area contributed by atoms with Crippen LogP contribution < -0.4 is 24.4 Å². The minimum atomic E-state index is -3.93. The standard InChI is InChI=1S/C30H34N4O5S/c1-2-33-14-16-34(17-15-33)26-12-11-23(31-30(35)22-10-13-27-28(18-22)39-20-38-27)19-29(26)40(36,37)32-25-9-5-7-21-6-3-4-8-24(21)25/h3-4,6,8,10-13,18-19,25,32H,2,5,7,9,14-17,20H2,1H3,(H,31,35)/t25-/m1/s1. The molecule has 2 aliphatic heterocycles. The highest BCUT2D eigenvalue weighted by atomic mass is 32.2. The van der Waals surface area contributed by atoms with Crippen molar-refractivity contribution in [1.82, 2.24) is 9.62 Å². The van der Waals surface area contributed by atoms with Crippen LogP contribution in [-0.2, 0) is 16.4 Å². The summed E-state index contributed by atoms with van der Waals surface area (Å²) in [4.78, 5) is 17.7. The van der Waals surface area contributed by atoms with Gasteiger partial charge in [-0.05, 0) is 73.3 Å². The SMILES string of the molecule is CCN1CCN(c2ccc(NC(=O)c3ccc4c(c3)OCO4)cc2S(=O)(=O)N[C@@H]2CCCc3ccccc32)CC1. The third-order valence-electron chi connectivity index (χ3n) is 7.97. The molecule has 3 aromatic carbocycles. The van der Waals surface area contributed by atoms with E-state index in [4.69, 9.17) is 9.47 Å². The molecule has 1 aliphatic carbocycles. The lowest BCUT2D eigenvalue weighted by atomic mass is 9.88. The zero-order valence-electron chi connectivity index (χ0n) is 22.6. The van der Waals surface area contributed by atoms with Crippen molar-refractivity contribution < 1.29 is 22.7 Å². The minimum Gasteiger partial charge on any atom is -0.454 e. The van der Waals surface area contributed by atoms with Gasteiger partial charge in [-0.3, -0.25) is 4.79 Å². The smallest absolute Gasteiger partial charge is 0.255 e. The van der Waals surface area contributed by atoms with Crippen LogP contribution >= 0.6 is 0 Å². The zero-order chi connectivity index (χ0) is 27.7. The van der Waals surface area contributed by atoms with Crippen molar-refractivity contribution in [2.24, 2.45) is 0 Å². The quantitative estimate of drug-likeness (QED) is 0.446. The van der Waals surface area contributed by atoms with Crippen LogP contribution in [0.3, 0.4) is 0 Å². The predicted molar refractivity (Wildman–Crippen MR) is 154 cm³/mol. The van der Waals surface area contributed by atoms with E-state index in [9.17, 15) is 13.2 Å². The molecule has 1 fully saturated rings. The number of rotatable bonds is 7. The van der Waals surface area contributed by atoms with Gasteiger partial charge in [0.2, 0.25) is 16.8 Å². The lowest BCUT2D eigenvalue weighted by molar-refractivity contribution is 0.102. The van der Waals surface area contributed by atoms with Crippen LogP contribution in [0.2, 0.25) is 0 Å². The Hall–Kier alpha value is -3.60. The second-order valence-corrected chi connectivity index (χ2v) is 12.1. The Balaban J connectivity index is 1.31. The second kappa shape index (κ2) is 11.1. The van der Waals surface area contributed by atoms with E-state index in [-0.39, 0.29) is 23.6 Å². The van der Waals surface area contributed by atoms with Crippen molar-refractivity contribution in [3.8, 4) is 11.5 Å². The first-order valence-corrected chi connectivity index (χ1v) is 15.3. The molecule has 210 valence electrons. The third-order valence-corrected chi connectivity index (χ3v) is 9.47. The molecule has 2 heterocycles. The molecule has 3 aromatic rings. The van der Waals surface area contributed by atoms with Gasteiger partial charge < -0.3 is 24.6 Å².